The molecule has 0 aromatic heterocycles. The smallest absolute Gasteiger partial charge is 0.321 e. The molecule has 0 fully saturated rings. The number of carbonyl (C=O) groups is 1. The molecule has 0 saturated carbocycles. The van der Waals surface area contributed by atoms with E-state index in [1.165, 1.54) is 0 Å². The van der Waals surface area contributed by atoms with Gasteiger partial charge in [-0.3, -0.25) is 4.79 Å². The van der Waals surface area contributed by atoms with Crippen molar-refractivity contribution in [3.05, 3.63) is 29.0 Å². The average Bonchev–Trinajstić information content (AvgIpc) is 2.31. The number of rotatable bonds is 4. The summed E-state index contributed by atoms with van der Waals surface area (Å²) in [5.74, 6) is -1.33. The van der Waals surface area contributed by atoms with Crippen molar-refractivity contribution >= 4 is 27.6 Å². The van der Waals surface area contributed by atoms with E-state index in [-0.39, 0.29) is 9.92 Å². The zero-order valence-corrected chi connectivity index (χ0v) is 16.3. The summed E-state index contributed by atoms with van der Waals surface area (Å²) >= 11 is 5.89. The molecule has 0 atom stereocenters. The van der Waals surface area contributed by atoms with Gasteiger partial charge >= 0.3 is 5.97 Å². The minimum Gasteiger partial charge on any atom is -0.459 e. The highest BCUT2D eigenvalue weighted by Crippen LogP contribution is 2.30. The molecule has 5 nitrogen and oxygen atoms in total. The second kappa shape index (κ2) is 6.98. The van der Waals surface area contributed by atoms with Crippen LogP contribution in [-0.2, 0) is 19.6 Å². The second-order valence-electron chi connectivity index (χ2n) is 7.34. The van der Waals surface area contributed by atoms with Crippen molar-refractivity contribution in [3.63, 3.8) is 0 Å². The van der Waals surface area contributed by atoms with Crippen LogP contribution in [0.15, 0.2) is 23.1 Å². The van der Waals surface area contributed by atoms with Gasteiger partial charge in [-0.15, -0.1) is 0 Å². The summed E-state index contributed by atoms with van der Waals surface area (Å²) in [6, 6.07) is 3.01. The van der Waals surface area contributed by atoms with Crippen LogP contribution in [0.5, 0.6) is 0 Å². The van der Waals surface area contributed by atoms with Crippen LogP contribution in [-0.4, -0.2) is 36.4 Å². The predicted molar refractivity (Wildman–Crippen MR) is 90.9 cm³/mol. The van der Waals surface area contributed by atoms with Gasteiger partial charge in [-0.05, 0) is 59.7 Å². The molecule has 0 aliphatic carbocycles. The largest absolute Gasteiger partial charge is 0.459 e. The van der Waals surface area contributed by atoms with Crippen molar-refractivity contribution in [2.24, 2.45) is 0 Å². The van der Waals surface area contributed by atoms with E-state index in [9.17, 15) is 17.6 Å². The molecule has 1 aromatic rings. The van der Waals surface area contributed by atoms with Crippen LogP contribution in [0.3, 0.4) is 0 Å². The molecule has 0 aliphatic rings. The molecule has 8 heteroatoms. The zero-order chi connectivity index (χ0) is 18.9. The molecule has 0 bridgehead atoms. The van der Waals surface area contributed by atoms with Crippen molar-refractivity contribution in [2.45, 2.75) is 57.6 Å². The molecule has 136 valence electrons. The van der Waals surface area contributed by atoms with Gasteiger partial charge in [0.1, 0.15) is 22.9 Å². The van der Waals surface area contributed by atoms with Gasteiger partial charge < -0.3 is 4.74 Å². The molecule has 0 spiro atoms. The van der Waals surface area contributed by atoms with Crippen LogP contribution >= 0.6 is 11.6 Å². The van der Waals surface area contributed by atoms with E-state index in [1.807, 2.05) is 0 Å². The van der Waals surface area contributed by atoms with Crippen LogP contribution in [0.25, 0.3) is 0 Å². The molecule has 0 aliphatic heterocycles. The molecular formula is C16H23ClFNO4S. The van der Waals surface area contributed by atoms with Crippen LogP contribution < -0.4 is 0 Å². The van der Waals surface area contributed by atoms with E-state index >= 15 is 0 Å². The highest BCUT2D eigenvalue weighted by molar-refractivity contribution is 7.89. The van der Waals surface area contributed by atoms with Crippen LogP contribution in [0.1, 0.15) is 41.5 Å². The maximum atomic E-state index is 13.2. The number of nitrogens with zero attached hydrogens (tertiary/aromatic N) is 1. The Morgan fingerprint density at radius 2 is 1.75 bits per heavy atom. The summed E-state index contributed by atoms with van der Waals surface area (Å²) in [7, 11) is -4.12. The molecule has 0 N–H and O–H groups in total. The van der Waals surface area contributed by atoms with Gasteiger partial charge in [0, 0.05) is 5.54 Å². The monoisotopic (exact) mass is 379 g/mol. The summed E-state index contributed by atoms with van der Waals surface area (Å²) in [5.41, 5.74) is -1.65. The minimum atomic E-state index is -4.12. The fourth-order valence-corrected chi connectivity index (χ4v) is 4.22. The maximum Gasteiger partial charge on any atom is 0.321 e. The van der Waals surface area contributed by atoms with Gasteiger partial charge in [0.15, 0.2) is 0 Å². The Kier molecular flexibility index (Phi) is 6.07. The Bertz CT molecular complexity index is 721. The summed E-state index contributed by atoms with van der Waals surface area (Å²) in [4.78, 5) is 11.9. The third-order valence-corrected chi connectivity index (χ3v) is 5.50. The highest BCUT2D eigenvalue weighted by Gasteiger charge is 2.37. The number of benzene rings is 1. The van der Waals surface area contributed by atoms with Crippen molar-refractivity contribution < 1.29 is 22.3 Å². The van der Waals surface area contributed by atoms with Crippen molar-refractivity contribution in [3.8, 4) is 0 Å². The first kappa shape index (κ1) is 20.9. The molecule has 1 aromatic carbocycles. The lowest BCUT2D eigenvalue weighted by Crippen LogP contribution is -2.49. The Balaban J connectivity index is 3.28. The van der Waals surface area contributed by atoms with Crippen LogP contribution in [0.4, 0.5) is 4.39 Å². The average molecular weight is 380 g/mol. The topological polar surface area (TPSA) is 63.7 Å². The molecule has 24 heavy (non-hydrogen) atoms. The quantitative estimate of drug-likeness (QED) is 0.749. The van der Waals surface area contributed by atoms with E-state index < -0.39 is 39.5 Å². The van der Waals surface area contributed by atoms with E-state index in [1.54, 1.807) is 41.5 Å². The van der Waals surface area contributed by atoms with Gasteiger partial charge in [0.2, 0.25) is 10.0 Å². The normalized spacial score (nSPS) is 13.2. The van der Waals surface area contributed by atoms with Crippen LogP contribution in [0.2, 0.25) is 5.02 Å². The maximum absolute atomic E-state index is 13.2. The van der Waals surface area contributed by atoms with Gasteiger partial charge in [-0.25, -0.2) is 12.8 Å². The number of esters is 1. The van der Waals surface area contributed by atoms with Gasteiger partial charge in [-0.2, -0.15) is 4.31 Å². The van der Waals surface area contributed by atoms with E-state index in [4.69, 9.17) is 16.3 Å². The standard InChI is InChI=1S/C16H23ClFNO4S/c1-15(2,3)19(10-14(20)23-16(4,5)6)24(21,22)13-8-7-11(18)9-12(13)17/h7-9H,10H2,1-6H3. The molecule has 0 saturated heterocycles. The van der Waals surface area contributed by atoms with Crippen molar-refractivity contribution in [2.75, 3.05) is 6.54 Å². The Morgan fingerprint density at radius 1 is 1.21 bits per heavy atom. The Hall–Kier alpha value is -1.18. The SMILES string of the molecule is CC(C)(C)OC(=O)CN(C(C)(C)C)S(=O)(=O)c1ccc(F)cc1Cl. The summed E-state index contributed by atoms with van der Waals surface area (Å²) in [6.45, 7) is 9.54. The predicted octanol–water partition coefficient (Wildman–Crippen LogP) is 3.61. The second-order valence-corrected chi connectivity index (χ2v) is 9.58. The van der Waals surface area contributed by atoms with Gasteiger partial charge in [0.05, 0.1) is 5.02 Å². The van der Waals surface area contributed by atoms with E-state index in [2.05, 4.69) is 0 Å². The number of sulfonamides is 1. The molecule has 0 amide bonds. The number of halogens is 2. The lowest BCUT2D eigenvalue weighted by molar-refractivity contribution is -0.155. The van der Waals surface area contributed by atoms with Gasteiger partial charge in [0.25, 0.3) is 0 Å². The van der Waals surface area contributed by atoms with Crippen molar-refractivity contribution in [1.29, 1.82) is 0 Å². The van der Waals surface area contributed by atoms with Gasteiger partial charge in [-0.1, -0.05) is 11.6 Å². The summed E-state index contributed by atoms with van der Waals surface area (Å²) in [5, 5.41) is -0.242. The molecule has 0 heterocycles. The molecular weight excluding hydrogens is 357 g/mol. The minimum absolute atomic E-state index is 0.242. The lowest BCUT2D eigenvalue weighted by atomic mass is 10.1. The van der Waals surface area contributed by atoms with Crippen molar-refractivity contribution in [1.82, 2.24) is 4.31 Å². The fourth-order valence-electron chi connectivity index (χ4n) is 1.98. The third kappa shape index (κ3) is 5.43. The number of hydrogen-bond acceptors (Lipinski definition) is 4. The number of ether oxygens (including phenoxy) is 1. The Morgan fingerprint density at radius 3 is 2.17 bits per heavy atom. The van der Waals surface area contributed by atoms with Crippen LogP contribution in [0, 0.1) is 5.82 Å². The first-order valence-corrected chi connectivity index (χ1v) is 9.16. The molecule has 0 radical (unpaired) electrons. The first-order valence-electron chi connectivity index (χ1n) is 7.34. The first-order chi connectivity index (χ1) is 10.6. The molecule has 0 unspecified atom stereocenters. The van der Waals surface area contributed by atoms with E-state index in [0.29, 0.717) is 0 Å². The fraction of sp³-hybridized carbons (Fsp3) is 0.562. The third-order valence-electron chi connectivity index (χ3n) is 2.90. The highest BCUT2D eigenvalue weighted by atomic mass is 35.5. The zero-order valence-electron chi connectivity index (χ0n) is 14.7. The van der Waals surface area contributed by atoms with E-state index in [0.717, 1.165) is 22.5 Å². The lowest BCUT2D eigenvalue weighted by Gasteiger charge is -2.34. The number of hydrogen-bond donors (Lipinski definition) is 0. The molecule has 1 rings (SSSR count). The summed E-state index contributed by atoms with van der Waals surface area (Å²) in [6.07, 6.45) is 0. The number of carbonyl (C=O) groups excluding carboxylic acids is 1. The Labute approximate surface area is 147 Å². The summed E-state index contributed by atoms with van der Waals surface area (Å²) < 4.78 is 45.2.